The van der Waals surface area contributed by atoms with E-state index >= 15 is 0 Å². The van der Waals surface area contributed by atoms with Crippen molar-refractivity contribution >= 4 is 21.8 Å². The van der Waals surface area contributed by atoms with Gasteiger partial charge in [-0.3, -0.25) is 4.79 Å². The van der Waals surface area contributed by atoms with Crippen LogP contribution in [0.15, 0.2) is 22.7 Å². The third-order valence-corrected chi connectivity index (χ3v) is 3.55. The normalized spacial score (nSPS) is 13.8. The first-order valence-electron chi connectivity index (χ1n) is 6.42. The van der Waals surface area contributed by atoms with Crippen LogP contribution in [0.5, 0.6) is 0 Å². The number of benzene rings is 1. The predicted octanol–water partition coefficient (Wildman–Crippen LogP) is 2.00. The lowest BCUT2D eigenvalue weighted by molar-refractivity contribution is -0.123. The minimum absolute atomic E-state index is 0.0462. The quantitative estimate of drug-likeness (QED) is 0.793. The van der Waals surface area contributed by atoms with Crippen LogP contribution in [0.4, 0.5) is 4.39 Å². The monoisotopic (exact) mass is 346 g/mol. The van der Waals surface area contributed by atoms with E-state index in [2.05, 4.69) is 21.2 Å². The SMILES string of the molecule is COC(CN)CC(=O)NC(C)Cc1ccc(F)c(Br)c1. The number of hydrogen-bond acceptors (Lipinski definition) is 3. The first-order valence-corrected chi connectivity index (χ1v) is 7.21. The van der Waals surface area contributed by atoms with Crippen LogP contribution in [0.1, 0.15) is 18.9 Å². The highest BCUT2D eigenvalue weighted by atomic mass is 79.9. The number of rotatable bonds is 7. The van der Waals surface area contributed by atoms with Crippen LogP contribution in [0.2, 0.25) is 0 Å². The molecule has 3 N–H and O–H groups in total. The van der Waals surface area contributed by atoms with Crippen molar-refractivity contribution in [1.29, 1.82) is 0 Å². The zero-order chi connectivity index (χ0) is 15.1. The molecule has 0 aliphatic rings. The summed E-state index contributed by atoms with van der Waals surface area (Å²) in [6.45, 7) is 2.21. The maximum atomic E-state index is 13.1. The second-order valence-corrected chi connectivity index (χ2v) is 5.57. The number of carbonyl (C=O) groups is 1. The Morgan fingerprint density at radius 3 is 2.80 bits per heavy atom. The topological polar surface area (TPSA) is 64.3 Å². The van der Waals surface area contributed by atoms with E-state index in [0.29, 0.717) is 17.4 Å². The van der Waals surface area contributed by atoms with Gasteiger partial charge in [-0.15, -0.1) is 0 Å². The Labute approximate surface area is 127 Å². The Bertz CT molecular complexity index is 453. The van der Waals surface area contributed by atoms with E-state index in [1.807, 2.05) is 6.92 Å². The molecule has 1 aromatic rings. The number of amides is 1. The third kappa shape index (κ3) is 5.56. The predicted molar refractivity (Wildman–Crippen MR) is 79.9 cm³/mol. The van der Waals surface area contributed by atoms with Gasteiger partial charge in [0.05, 0.1) is 17.0 Å². The zero-order valence-corrected chi connectivity index (χ0v) is 13.2. The Hall–Kier alpha value is -0.980. The van der Waals surface area contributed by atoms with E-state index in [0.717, 1.165) is 5.56 Å². The van der Waals surface area contributed by atoms with Crippen molar-refractivity contribution in [2.75, 3.05) is 13.7 Å². The lowest BCUT2D eigenvalue weighted by Crippen LogP contribution is -2.38. The van der Waals surface area contributed by atoms with Crippen LogP contribution in [0.25, 0.3) is 0 Å². The fraction of sp³-hybridized carbons (Fsp3) is 0.500. The number of carbonyl (C=O) groups excluding carboxylic acids is 1. The minimum Gasteiger partial charge on any atom is -0.380 e. The van der Waals surface area contributed by atoms with E-state index in [1.165, 1.54) is 13.2 Å². The Morgan fingerprint density at radius 1 is 1.55 bits per heavy atom. The van der Waals surface area contributed by atoms with Gasteiger partial charge in [-0.2, -0.15) is 0 Å². The molecular weight excluding hydrogens is 327 g/mol. The van der Waals surface area contributed by atoms with E-state index in [4.69, 9.17) is 10.5 Å². The van der Waals surface area contributed by atoms with Gasteiger partial charge >= 0.3 is 0 Å². The maximum Gasteiger partial charge on any atom is 0.222 e. The van der Waals surface area contributed by atoms with Gasteiger partial charge in [0.1, 0.15) is 5.82 Å². The van der Waals surface area contributed by atoms with Crippen LogP contribution in [0, 0.1) is 5.82 Å². The highest BCUT2D eigenvalue weighted by molar-refractivity contribution is 9.10. The summed E-state index contributed by atoms with van der Waals surface area (Å²) in [5, 5.41) is 2.88. The molecular formula is C14H20BrFN2O2. The number of nitrogens with two attached hydrogens (primary N) is 1. The molecule has 4 nitrogen and oxygen atoms in total. The van der Waals surface area contributed by atoms with Crippen molar-refractivity contribution < 1.29 is 13.9 Å². The molecule has 0 radical (unpaired) electrons. The molecule has 0 fully saturated rings. The Morgan fingerprint density at radius 2 is 2.25 bits per heavy atom. The summed E-state index contributed by atoms with van der Waals surface area (Å²) >= 11 is 3.15. The summed E-state index contributed by atoms with van der Waals surface area (Å²) in [5.41, 5.74) is 6.42. The highest BCUT2D eigenvalue weighted by Gasteiger charge is 2.14. The van der Waals surface area contributed by atoms with E-state index in [9.17, 15) is 9.18 Å². The average molecular weight is 347 g/mol. The molecule has 1 amide bonds. The molecule has 0 aliphatic heterocycles. The number of ether oxygens (including phenoxy) is 1. The fourth-order valence-electron chi connectivity index (χ4n) is 1.87. The van der Waals surface area contributed by atoms with E-state index in [1.54, 1.807) is 12.1 Å². The van der Waals surface area contributed by atoms with Crippen molar-refractivity contribution in [2.45, 2.75) is 31.9 Å². The number of methoxy groups -OCH3 is 1. The Kier molecular flexibility index (Phi) is 7.12. The zero-order valence-electron chi connectivity index (χ0n) is 11.7. The summed E-state index contributed by atoms with van der Waals surface area (Å²) < 4.78 is 18.6. The first-order chi connectivity index (χ1) is 9.46. The molecule has 0 bridgehead atoms. The molecule has 0 heterocycles. The van der Waals surface area contributed by atoms with Crippen molar-refractivity contribution in [3.05, 3.63) is 34.1 Å². The third-order valence-electron chi connectivity index (χ3n) is 2.94. The lowest BCUT2D eigenvalue weighted by atomic mass is 10.1. The molecule has 0 aliphatic carbocycles. The van der Waals surface area contributed by atoms with Crippen LogP contribution < -0.4 is 11.1 Å². The summed E-state index contributed by atoms with van der Waals surface area (Å²) in [6.07, 6.45) is 0.608. The molecule has 112 valence electrons. The van der Waals surface area contributed by atoms with Crippen LogP contribution in [-0.2, 0) is 16.0 Å². The van der Waals surface area contributed by atoms with E-state index < -0.39 is 0 Å². The van der Waals surface area contributed by atoms with Gasteiger partial charge in [-0.1, -0.05) is 6.07 Å². The summed E-state index contributed by atoms with van der Waals surface area (Å²) in [5.74, 6) is -0.396. The molecule has 0 spiro atoms. The van der Waals surface area contributed by atoms with Crippen molar-refractivity contribution in [2.24, 2.45) is 5.73 Å². The van der Waals surface area contributed by atoms with Crippen molar-refractivity contribution in [1.82, 2.24) is 5.32 Å². The van der Waals surface area contributed by atoms with E-state index in [-0.39, 0.29) is 30.3 Å². The molecule has 2 unspecified atom stereocenters. The fourth-order valence-corrected chi connectivity index (χ4v) is 2.30. The second-order valence-electron chi connectivity index (χ2n) is 4.72. The summed E-state index contributed by atoms with van der Waals surface area (Å²) in [6, 6.07) is 4.79. The molecule has 6 heteroatoms. The van der Waals surface area contributed by atoms with Crippen LogP contribution in [0.3, 0.4) is 0 Å². The second kappa shape index (κ2) is 8.34. The lowest BCUT2D eigenvalue weighted by Gasteiger charge is -2.17. The molecule has 0 aromatic heterocycles. The summed E-state index contributed by atoms with van der Waals surface area (Å²) in [4.78, 5) is 11.8. The van der Waals surface area contributed by atoms with Crippen LogP contribution in [-0.4, -0.2) is 31.7 Å². The first kappa shape index (κ1) is 17.1. The Balaban J connectivity index is 2.48. The van der Waals surface area contributed by atoms with Gasteiger partial charge in [-0.25, -0.2) is 4.39 Å². The smallest absolute Gasteiger partial charge is 0.222 e. The van der Waals surface area contributed by atoms with Gasteiger partial charge in [0.2, 0.25) is 5.91 Å². The van der Waals surface area contributed by atoms with Crippen molar-refractivity contribution in [3.63, 3.8) is 0 Å². The number of hydrogen-bond donors (Lipinski definition) is 2. The average Bonchev–Trinajstić information content (AvgIpc) is 2.40. The maximum absolute atomic E-state index is 13.1. The largest absolute Gasteiger partial charge is 0.380 e. The number of nitrogens with one attached hydrogen (secondary N) is 1. The number of halogens is 2. The van der Waals surface area contributed by atoms with Crippen molar-refractivity contribution in [3.8, 4) is 0 Å². The van der Waals surface area contributed by atoms with Gasteiger partial charge in [0, 0.05) is 19.7 Å². The molecule has 0 saturated heterocycles. The molecule has 1 aromatic carbocycles. The highest BCUT2D eigenvalue weighted by Crippen LogP contribution is 2.17. The van der Waals surface area contributed by atoms with Gasteiger partial charge in [0.25, 0.3) is 0 Å². The standard InChI is InChI=1S/C14H20BrFN2O2/c1-9(18-14(19)7-11(8-17)20-2)5-10-3-4-13(16)12(15)6-10/h3-4,6,9,11H,5,7-8,17H2,1-2H3,(H,18,19). The molecule has 0 saturated carbocycles. The molecule has 1 rings (SSSR count). The van der Waals surface area contributed by atoms with Gasteiger partial charge < -0.3 is 15.8 Å². The molecule has 2 atom stereocenters. The minimum atomic E-state index is -0.295. The summed E-state index contributed by atoms with van der Waals surface area (Å²) in [7, 11) is 1.53. The van der Waals surface area contributed by atoms with Crippen LogP contribution >= 0.6 is 15.9 Å². The van der Waals surface area contributed by atoms with Gasteiger partial charge in [0.15, 0.2) is 0 Å². The van der Waals surface area contributed by atoms with Gasteiger partial charge in [-0.05, 0) is 47.0 Å². The molecule has 20 heavy (non-hydrogen) atoms.